The van der Waals surface area contributed by atoms with Crippen LogP contribution in [0.25, 0.3) is 11.1 Å². The van der Waals surface area contributed by atoms with E-state index < -0.39 is 33.5 Å². The highest BCUT2D eigenvalue weighted by atomic mass is 32.2. The van der Waals surface area contributed by atoms with Crippen molar-refractivity contribution < 1.29 is 32.2 Å². The number of nitrogens with one attached hydrogen (secondary N) is 2. The van der Waals surface area contributed by atoms with E-state index in [1.165, 1.54) is 29.2 Å². The van der Waals surface area contributed by atoms with Crippen LogP contribution < -0.4 is 14.8 Å². The quantitative estimate of drug-likeness (QED) is 0.116. The van der Waals surface area contributed by atoms with Gasteiger partial charge in [0.15, 0.2) is 0 Å². The van der Waals surface area contributed by atoms with Gasteiger partial charge in [0.1, 0.15) is 18.1 Å². The molecule has 0 unspecified atom stereocenters. The molecule has 0 bridgehead atoms. The van der Waals surface area contributed by atoms with E-state index in [0.717, 1.165) is 57.7 Å². The number of likely N-dealkylation sites (tertiary alicyclic amines) is 1. The highest BCUT2D eigenvalue weighted by Crippen LogP contribution is 2.50. The lowest BCUT2D eigenvalue weighted by atomic mass is 9.69. The standard InChI is InChI=1S/C47H46N4O7S/c1-56-25-11-10-24-47(41-16-6-8-18-43(41)58-44-19-9-7-17-42(44)47)31-49-45(52)33-26-34(50-59(54,55)35-22-20-32(27-48)21-23-35)29-51(28-33)46(53)57-30-40-38-14-4-2-12-36(38)37-13-3-5-15-39(37)40/h2-9,12-23,33-34,40,50H,10-11,24-26,28-31H2,1H3,(H,49,52)/t33-,34+/m0/s1. The molecule has 8 rings (SSSR count). The summed E-state index contributed by atoms with van der Waals surface area (Å²) in [5, 5.41) is 12.5. The zero-order valence-corrected chi connectivity index (χ0v) is 33.6. The van der Waals surface area contributed by atoms with Crippen molar-refractivity contribution in [3.8, 4) is 28.7 Å². The second-order valence-electron chi connectivity index (χ2n) is 15.4. The van der Waals surface area contributed by atoms with Gasteiger partial charge in [0.2, 0.25) is 15.9 Å². The number of sulfonamides is 1. The van der Waals surface area contributed by atoms with Crippen LogP contribution in [0, 0.1) is 17.2 Å². The van der Waals surface area contributed by atoms with E-state index in [1.54, 1.807) is 7.11 Å². The Kier molecular flexibility index (Phi) is 11.5. The summed E-state index contributed by atoms with van der Waals surface area (Å²) in [7, 11) is -2.41. The van der Waals surface area contributed by atoms with Crippen LogP contribution >= 0.6 is 0 Å². The molecule has 1 fully saturated rings. The predicted octanol–water partition coefficient (Wildman–Crippen LogP) is 7.50. The van der Waals surface area contributed by atoms with Crippen molar-refractivity contribution in [1.82, 2.24) is 14.9 Å². The summed E-state index contributed by atoms with van der Waals surface area (Å²) in [5.74, 6) is 0.202. The molecule has 59 heavy (non-hydrogen) atoms. The molecule has 3 aliphatic rings. The minimum absolute atomic E-state index is 0.00249. The summed E-state index contributed by atoms with van der Waals surface area (Å²) in [6.45, 7) is 0.968. The Hall–Kier alpha value is -6.00. The first kappa shape index (κ1) is 39.8. The van der Waals surface area contributed by atoms with Crippen molar-refractivity contribution in [2.75, 3.05) is 40.0 Å². The van der Waals surface area contributed by atoms with Crippen LogP contribution in [-0.2, 0) is 29.7 Å². The van der Waals surface area contributed by atoms with Gasteiger partial charge in [0, 0.05) is 61.9 Å². The molecular formula is C47H46N4O7S. The van der Waals surface area contributed by atoms with E-state index in [-0.39, 0.29) is 49.4 Å². The molecule has 5 aromatic rings. The number of rotatable bonds is 13. The van der Waals surface area contributed by atoms with Crippen molar-refractivity contribution >= 4 is 22.0 Å². The van der Waals surface area contributed by atoms with E-state index in [4.69, 9.17) is 14.2 Å². The van der Waals surface area contributed by atoms with E-state index in [0.29, 0.717) is 18.6 Å². The lowest BCUT2D eigenvalue weighted by molar-refractivity contribution is -0.127. The van der Waals surface area contributed by atoms with Crippen molar-refractivity contribution in [3.63, 3.8) is 0 Å². The Labute approximate surface area is 345 Å². The number of carbonyl (C=O) groups is 2. The van der Waals surface area contributed by atoms with Gasteiger partial charge in [0.25, 0.3) is 0 Å². The van der Waals surface area contributed by atoms with Gasteiger partial charge in [-0.25, -0.2) is 17.9 Å². The number of piperidine rings is 1. The monoisotopic (exact) mass is 810 g/mol. The van der Waals surface area contributed by atoms with Crippen molar-refractivity contribution in [2.24, 2.45) is 5.92 Å². The van der Waals surface area contributed by atoms with E-state index in [2.05, 4.69) is 22.2 Å². The predicted molar refractivity (Wildman–Crippen MR) is 222 cm³/mol. The van der Waals surface area contributed by atoms with E-state index in [1.807, 2.05) is 91.0 Å². The topological polar surface area (TPSA) is 147 Å². The number of amides is 2. The molecule has 2 heterocycles. The maximum absolute atomic E-state index is 14.5. The minimum atomic E-state index is -4.09. The lowest BCUT2D eigenvalue weighted by Gasteiger charge is -2.41. The van der Waals surface area contributed by atoms with Gasteiger partial charge in [-0.2, -0.15) is 5.26 Å². The van der Waals surface area contributed by atoms with Gasteiger partial charge in [-0.15, -0.1) is 0 Å². The molecule has 0 radical (unpaired) electrons. The Bertz CT molecular complexity index is 2410. The Morgan fingerprint density at radius 1 is 0.831 bits per heavy atom. The molecule has 2 amide bonds. The maximum Gasteiger partial charge on any atom is 0.409 e. The van der Waals surface area contributed by atoms with Crippen LogP contribution in [0.2, 0.25) is 0 Å². The zero-order chi connectivity index (χ0) is 41.0. The van der Waals surface area contributed by atoms with Crippen LogP contribution in [-0.4, -0.2) is 71.3 Å². The molecule has 1 aliphatic carbocycles. The lowest BCUT2D eigenvalue weighted by Crippen LogP contribution is -2.56. The van der Waals surface area contributed by atoms with Gasteiger partial charge in [0.05, 0.1) is 22.4 Å². The summed E-state index contributed by atoms with van der Waals surface area (Å²) in [5.41, 5.74) is 5.96. The first-order chi connectivity index (χ1) is 28.7. The van der Waals surface area contributed by atoms with Crippen LogP contribution in [0.15, 0.2) is 126 Å². The Balaban J connectivity index is 1.05. The second-order valence-corrected chi connectivity index (χ2v) is 17.2. The number of methoxy groups -OCH3 is 1. The third kappa shape index (κ3) is 8.06. The van der Waals surface area contributed by atoms with Gasteiger partial charge in [-0.1, -0.05) is 84.9 Å². The van der Waals surface area contributed by atoms with Gasteiger partial charge in [-0.05, 0) is 84.3 Å². The third-order valence-electron chi connectivity index (χ3n) is 11.8. The first-order valence-corrected chi connectivity index (χ1v) is 21.4. The van der Waals surface area contributed by atoms with Crippen LogP contribution in [0.5, 0.6) is 11.5 Å². The number of nitriles is 1. The molecule has 0 aromatic heterocycles. The number of hydrogen-bond donors (Lipinski definition) is 2. The maximum atomic E-state index is 14.5. The number of benzene rings is 5. The van der Waals surface area contributed by atoms with Crippen molar-refractivity contribution in [1.29, 1.82) is 5.26 Å². The molecule has 11 nitrogen and oxygen atoms in total. The summed E-state index contributed by atoms with van der Waals surface area (Å²) in [6, 6.07) is 38.7. The molecule has 0 saturated carbocycles. The minimum Gasteiger partial charge on any atom is -0.457 e. The molecule has 2 N–H and O–H groups in total. The van der Waals surface area contributed by atoms with Crippen LogP contribution in [0.3, 0.4) is 0 Å². The fourth-order valence-corrected chi connectivity index (χ4v) is 10.2. The van der Waals surface area contributed by atoms with Gasteiger partial charge in [-0.3, -0.25) is 4.79 Å². The molecule has 302 valence electrons. The van der Waals surface area contributed by atoms with Gasteiger partial charge < -0.3 is 24.4 Å². The average Bonchev–Trinajstić information content (AvgIpc) is 3.59. The summed E-state index contributed by atoms with van der Waals surface area (Å²) >= 11 is 0. The van der Waals surface area contributed by atoms with Crippen molar-refractivity contribution in [2.45, 2.75) is 48.0 Å². The number of ether oxygens (including phenoxy) is 3. The van der Waals surface area contributed by atoms with E-state index >= 15 is 0 Å². The molecule has 12 heteroatoms. The summed E-state index contributed by atoms with van der Waals surface area (Å²) in [6.07, 6.45) is 1.87. The number of unbranched alkanes of at least 4 members (excludes halogenated alkanes) is 1. The molecule has 5 aromatic carbocycles. The Morgan fingerprint density at radius 3 is 2.07 bits per heavy atom. The summed E-state index contributed by atoms with van der Waals surface area (Å²) in [4.78, 5) is 29.9. The largest absolute Gasteiger partial charge is 0.457 e. The molecule has 2 aliphatic heterocycles. The number of carbonyl (C=O) groups excluding carboxylic acids is 2. The van der Waals surface area contributed by atoms with E-state index in [9.17, 15) is 23.3 Å². The SMILES string of the molecule is COCCCCC1(CNC(=O)[C@H]2C[C@@H](NS(=O)(=O)c3ccc(C#N)cc3)CN(C(=O)OCC3c4ccccc4-c4ccccc43)C2)c2ccccc2Oc2ccccc21. The molecule has 1 saturated heterocycles. The molecule has 2 atom stereocenters. The first-order valence-electron chi connectivity index (χ1n) is 20.0. The van der Waals surface area contributed by atoms with Crippen LogP contribution in [0.1, 0.15) is 59.4 Å². The second kappa shape index (κ2) is 17.1. The van der Waals surface area contributed by atoms with Gasteiger partial charge >= 0.3 is 6.09 Å². The zero-order valence-electron chi connectivity index (χ0n) is 32.8. The fraction of sp³-hybridized carbons (Fsp3) is 0.298. The normalized spacial score (nSPS) is 17.7. The van der Waals surface area contributed by atoms with Crippen LogP contribution in [0.4, 0.5) is 4.79 Å². The number of fused-ring (bicyclic) bond motifs is 5. The number of hydrogen-bond acceptors (Lipinski definition) is 8. The smallest absolute Gasteiger partial charge is 0.409 e. The molecule has 0 spiro atoms. The molecular weight excluding hydrogens is 765 g/mol. The van der Waals surface area contributed by atoms with Crippen molar-refractivity contribution in [3.05, 3.63) is 149 Å². The fourth-order valence-electron chi connectivity index (χ4n) is 8.97. The highest BCUT2D eigenvalue weighted by Gasteiger charge is 2.43. The third-order valence-corrected chi connectivity index (χ3v) is 13.4. The Morgan fingerprint density at radius 2 is 1.44 bits per heavy atom. The summed E-state index contributed by atoms with van der Waals surface area (Å²) < 4.78 is 47.9. The number of nitrogens with zero attached hydrogens (tertiary/aromatic N) is 2. The number of para-hydroxylation sites is 2. The highest BCUT2D eigenvalue weighted by molar-refractivity contribution is 7.89. The average molecular weight is 811 g/mol.